The van der Waals surface area contributed by atoms with E-state index in [4.69, 9.17) is 9.47 Å². The molecule has 0 saturated heterocycles. The molecule has 0 spiro atoms. The number of carbonyl (C=O) groups is 1. The Hall–Kier alpha value is -2.35. The quantitative estimate of drug-likeness (QED) is 0.489. The third-order valence-corrected chi connectivity index (χ3v) is 6.24. The molecule has 0 aliphatic rings. The van der Waals surface area contributed by atoms with Crippen molar-refractivity contribution in [2.45, 2.75) is 29.7 Å². The number of nitrogens with one attached hydrogen (secondary N) is 1. The normalized spacial score (nSPS) is 12.9. The van der Waals surface area contributed by atoms with E-state index in [2.05, 4.69) is 10.3 Å². The van der Waals surface area contributed by atoms with Crippen LogP contribution in [0.1, 0.15) is 34.6 Å². The highest BCUT2D eigenvalue weighted by molar-refractivity contribution is 7.98. The summed E-state index contributed by atoms with van der Waals surface area (Å²) in [5.41, 5.74) is 4.47. The monoisotopic (exact) mass is 428 g/mol. The number of methoxy groups -OCH3 is 2. The van der Waals surface area contributed by atoms with E-state index in [1.54, 1.807) is 37.3 Å². The molecule has 1 amide bonds. The molecule has 0 fully saturated rings. The third-order valence-electron chi connectivity index (χ3n) is 4.50. The third kappa shape index (κ3) is 5.59. The maximum Gasteiger partial charge on any atom is 0.252 e. The molecule has 1 aromatic heterocycles. The van der Waals surface area contributed by atoms with Gasteiger partial charge in [-0.1, -0.05) is 24.3 Å². The fraction of sp³-hybridized carbons (Fsp3) is 0.273. The van der Waals surface area contributed by atoms with Crippen LogP contribution in [-0.4, -0.2) is 31.2 Å². The van der Waals surface area contributed by atoms with E-state index >= 15 is 0 Å². The van der Waals surface area contributed by atoms with Crippen molar-refractivity contribution in [3.8, 4) is 5.75 Å². The Morgan fingerprint density at radius 1 is 1.17 bits per heavy atom. The van der Waals surface area contributed by atoms with Crippen LogP contribution in [0.5, 0.6) is 5.75 Å². The summed E-state index contributed by atoms with van der Waals surface area (Å²) in [6.45, 7) is 1.95. The lowest BCUT2D eigenvalue weighted by atomic mass is 10.0. The summed E-state index contributed by atoms with van der Waals surface area (Å²) in [7, 11) is 3.28. The van der Waals surface area contributed by atoms with Crippen LogP contribution in [0.25, 0.3) is 0 Å². The lowest BCUT2D eigenvalue weighted by molar-refractivity contribution is 0.0643. The minimum Gasteiger partial charge on any atom is -0.497 e. The van der Waals surface area contributed by atoms with Gasteiger partial charge in [-0.3, -0.25) is 4.79 Å². The van der Waals surface area contributed by atoms with Crippen molar-refractivity contribution in [1.82, 2.24) is 10.3 Å². The number of carbonyl (C=O) groups excluding carboxylic acids is 1. The van der Waals surface area contributed by atoms with Gasteiger partial charge in [-0.15, -0.1) is 23.1 Å². The number of nitrogens with zero attached hydrogens (tertiary/aromatic N) is 1. The number of hydrogen-bond acceptors (Lipinski definition) is 6. The highest BCUT2D eigenvalue weighted by Crippen LogP contribution is 2.27. The molecule has 29 heavy (non-hydrogen) atoms. The topological polar surface area (TPSA) is 60.5 Å². The molecule has 0 aliphatic carbocycles. The summed E-state index contributed by atoms with van der Waals surface area (Å²) in [6, 6.07) is 15.1. The van der Waals surface area contributed by atoms with Crippen LogP contribution in [0.4, 0.5) is 0 Å². The summed E-state index contributed by atoms with van der Waals surface area (Å²) in [5.74, 6) is 1.40. The van der Waals surface area contributed by atoms with Gasteiger partial charge in [0.25, 0.3) is 5.91 Å². The predicted octanol–water partition coefficient (Wildman–Crippen LogP) is 4.95. The Labute approximate surface area is 179 Å². The lowest BCUT2D eigenvalue weighted by Crippen LogP contribution is -2.38. The molecular weight excluding hydrogens is 404 g/mol. The van der Waals surface area contributed by atoms with Crippen LogP contribution in [0.2, 0.25) is 0 Å². The Morgan fingerprint density at radius 2 is 1.93 bits per heavy atom. The molecule has 1 heterocycles. The standard InChI is InChI=1S/C22H24N2O3S2/c1-15(21(27-3)16-8-10-18(26-2)11-9-16)24-22(25)19-6-4-5-7-20(19)29-13-17-12-28-14-23-17/h4-12,14-15,21H,13H2,1-3H3,(H,24,25)/t15-,21-/m1/s1. The SMILES string of the molecule is COc1ccc([C@H](OC)[C@@H](C)NC(=O)c2ccccc2SCc2cscn2)cc1. The van der Waals surface area contributed by atoms with Gasteiger partial charge in [0.15, 0.2) is 0 Å². The van der Waals surface area contributed by atoms with Crippen LogP contribution in [0.3, 0.4) is 0 Å². The van der Waals surface area contributed by atoms with Crippen LogP contribution >= 0.6 is 23.1 Å². The molecule has 152 valence electrons. The Balaban J connectivity index is 1.69. The van der Waals surface area contributed by atoms with Gasteiger partial charge in [-0.2, -0.15) is 0 Å². The second kappa shape index (κ2) is 10.4. The molecule has 0 unspecified atom stereocenters. The molecule has 0 radical (unpaired) electrons. The first-order valence-corrected chi connectivity index (χ1v) is 11.1. The summed E-state index contributed by atoms with van der Waals surface area (Å²) in [6.07, 6.45) is -0.264. The summed E-state index contributed by atoms with van der Waals surface area (Å²) < 4.78 is 10.9. The van der Waals surface area contributed by atoms with E-state index < -0.39 is 0 Å². The molecular formula is C22H24N2O3S2. The number of ether oxygens (including phenoxy) is 2. The van der Waals surface area contributed by atoms with Gasteiger partial charge in [0.2, 0.25) is 0 Å². The number of rotatable bonds is 9. The second-order valence-electron chi connectivity index (χ2n) is 6.46. The first-order chi connectivity index (χ1) is 14.1. The molecule has 2 aromatic carbocycles. The van der Waals surface area contributed by atoms with Crippen molar-refractivity contribution in [2.75, 3.05) is 14.2 Å². The average Bonchev–Trinajstić information content (AvgIpc) is 3.27. The number of benzene rings is 2. The first-order valence-electron chi connectivity index (χ1n) is 9.19. The van der Waals surface area contributed by atoms with Crippen molar-refractivity contribution in [3.05, 3.63) is 76.2 Å². The van der Waals surface area contributed by atoms with Gasteiger partial charge >= 0.3 is 0 Å². The lowest BCUT2D eigenvalue weighted by Gasteiger charge is -2.24. The van der Waals surface area contributed by atoms with Crippen molar-refractivity contribution in [2.24, 2.45) is 0 Å². The molecule has 0 bridgehead atoms. The Morgan fingerprint density at radius 3 is 2.59 bits per heavy atom. The minimum absolute atomic E-state index is 0.116. The number of aromatic nitrogens is 1. The molecule has 0 aliphatic heterocycles. The number of thiazole rings is 1. The van der Waals surface area contributed by atoms with Crippen molar-refractivity contribution >= 4 is 29.0 Å². The molecule has 1 N–H and O–H groups in total. The first kappa shape index (κ1) is 21.4. The van der Waals surface area contributed by atoms with Gasteiger partial charge in [0.1, 0.15) is 11.9 Å². The molecule has 3 rings (SSSR count). The van der Waals surface area contributed by atoms with Gasteiger partial charge in [0, 0.05) is 23.1 Å². The largest absolute Gasteiger partial charge is 0.497 e. The number of hydrogen-bond donors (Lipinski definition) is 1. The van der Waals surface area contributed by atoms with E-state index in [-0.39, 0.29) is 18.1 Å². The molecule has 7 heteroatoms. The van der Waals surface area contributed by atoms with E-state index in [1.807, 2.05) is 66.3 Å². The summed E-state index contributed by atoms with van der Waals surface area (Å²) in [5, 5.41) is 5.11. The van der Waals surface area contributed by atoms with Crippen molar-refractivity contribution in [1.29, 1.82) is 0 Å². The van der Waals surface area contributed by atoms with Crippen LogP contribution in [0, 0.1) is 0 Å². The van der Waals surface area contributed by atoms with Gasteiger partial charge in [-0.25, -0.2) is 4.98 Å². The zero-order valence-electron chi connectivity index (χ0n) is 16.6. The maximum absolute atomic E-state index is 13.0. The van der Waals surface area contributed by atoms with E-state index in [9.17, 15) is 4.79 Å². The fourth-order valence-corrected chi connectivity index (χ4v) is 4.64. The van der Waals surface area contributed by atoms with Crippen LogP contribution in [-0.2, 0) is 10.5 Å². The predicted molar refractivity (Wildman–Crippen MR) is 118 cm³/mol. The zero-order valence-corrected chi connectivity index (χ0v) is 18.3. The van der Waals surface area contributed by atoms with Gasteiger partial charge < -0.3 is 14.8 Å². The van der Waals surface area contributed by atoms with Gasteiger partial charge in [0.05, 0.1) is 29.9 Å². The van der Waals surface area contributed by atoms with Gasteiger partial charge in [-0.05, 0) is 36.8 Å². The second-order valence-corrected chi connectivity index (χ2v) is 8.19. The number of amides is 1. The van der Waals surface area contributed by atoms with Crippen molar-refractivity contribution in [3.63, 3.8) is 0 Å². The van der Waals surface area contributed by atoms with E-state index in [1.165, 1.54) is 0 Å². The van der Waals surface area contributed by atoms with Crippen molar-refractivity contribution < 1.29 is 14.3 Å². The molecule has 0 saturated carbocycles. The Kier molecular flexibility index (Phi) is 7.69. The minimum atomic E-state index is -0.264. The smallest absolute Gasteiger partial charge is 0.252 e. The van der Waals surface area contributed by atoms with E-state index in [0.29, 0.717) is 5.56 Å². The Bertz CT molecular complexity index is 914. The zero-order chi connectivity index (χ0) is 20.6. The maximum atomic E-state index is 13.0. The van der Waals surface area contributed by atoms with Crippen LogP contribution in [0.15, 0.2) is 64.3 Å². The average molecular weight is 429 g/mol. The van der Waals surface area contributed by atoms with E-state index in [0.717, 1.165) is 27.7 Å². The molecule has 5 nitrogen and oxygen atoms in total. The van der Waals surface area contributed by atoms with Crippen LogP contribution < -0.4 is 10.1 Å². The number of thioether (sulfide) groups is 1. The fourth-order valence-electron chi connectivity index (χ4n) is 3.02. The molecule has 3 aromatic rings. The summed E-state index contributed by atoms with van der Waals surface area (Å²) in [4.78, 5) is 18.2. The molecule has 2 atom stereocenters. The highest BCUT2D eigenvalue weighted by atomic mass is 32.2. The highest BCUT2D eigenvalue weighted by Gasteiger charge is 2.22. The summed E-state index contributed by atoms with van der Waals surface area (Å²) >= 11 is 3.19.